The van der Waals surface area contributed by atoms with Crippen LogP contribution < -0.4 is 4.74 Å². The molecule has 0 amide bonds. The Labute approximate surface area is 261 Å². The molecule has 2 nitrogen and oxygen atoms in total. The maximum atomic E-state index is 6.66. The summed E-state index contributed by atoms with van der Waals surface area (Å²) in [7, 11) is 0. The van der Waals surface area contributed by atoms with E-state index in [1.165, 1.54) is 66.1 Å². The molecule has 2 aliphatic rings. The van der Waals surface area contributed by atoms with Gasteiger partial charge in [0, 0.05) is 32.5 Å². The smallest absolute Gasteiger partial charge is 0.136 e. The van der Waals surface area contributed by atoms with Gasteiger partial charge in [-0.3, -0.25) is 0 Å². The number of benzene rings is 7. The first kappa shape index (κ1) is 24.8. The number of ether oxygens (including phenoxy) is 1. The van der Waals surface area contributed by atoms with E-state index >= 15 is 0 Å². The molecule has 212 valence electrons. The summed E-state index contributed by atoms with van der Waals surface area (Å²) in [5.74, 6) is 1.80. The maximum absolute atomic E-state index is 6.66. The molecule has 0 atom stereocenters. The third-order valence-electron chi connectivity index (χ3n) is 10.2. The van der Waals surface area contributed by atoms with Crippen LogP contribution in [0.4, 0.5) is 0 Å². The van der Waals surface area contributed by atoms with Crippen LogP contribution in [0.3, 0.4) is 0 Å². The standard InChI is InChI=1S/C43H29NO/c1-43(2)34-17-6-3-13-31(34)41-27(14-10-18-35(41)43)26-21-23-39-33(25-26)30-15-9-16-32-38(22-24-40(45-39)42(30)32)44-36-19-7-4-11-28(36)29-12-5-8-20-37(29)44/h3-25H,1-2H3. The van der Waals surface area contributed by atoms with Crippen molar-refractivity contribution in [3.8, 4) is 50.6 Å². The highest BCUT2D eigenvalue weighted by atomic mass is 16.5. The van der Waals surface area contributed by atoms with Crippen LogP contribution >= 0.6 is 0 Å². The molecule has 0 N–H and O–H groups in total. The number of fused-ring (bicyclic) bond motifs is 8. The third kappa shape index (κ3) is 3.24. The van der Waals surface area contributed by atoms with Gasteiger partial charge < -0.3 is 9.30 Å². The van der Waals surface area contributed by atoms with E-state index in [9.17, 15) is 0 Å². The SMILES string of the molecule is CC1(C)c2ccccc2-c2c(-c3ccc4c(c3)-c3cccc5c(-n6c7ccccc7c7ccccc76)ccc(c35)O4)cccc21. The molecule has 0 radical (unpaired) electrons. The van der Waals surface area contributed by atoms with Crippen molar-refractivity contribution < 1.29 is 4.74 Å². The number of hydrogen-bond donors (Lipinski definition) is 0. The molecule has 0 unspecified atom stereocenters. The zero-order chi connectivity index (χ0) is 29.9. The van der Waals surface area contributed by atoms with Gasteiger partial charge in [0.2, 0.25) is 0 Å². The second-order valence-corrected chi connectivity index (χ2v) is 12.9. The van der Waals surface area contributed by atoms with Crippen molar-refractivity contribution in [1.29, 1.82) is 0 Å². The van der Waals surface area contributed by atoms with Crippen LogP contribution in [0.1, 0.15) is 25.0 Å². The van der Waals surface area contributed by atoms with Crippen LogP contribution in [0.5, 0.6) is 11.5 Å². The summed E-state index contributed by atoms with van der Waals surface area (Å²) in [4.78, 5) is 0. The van der Waals surface area contributed by atoms with Gasteiger partial charge >= 0.3 is 0 Å². The topological polar surface area (TPSA) is 14.2 Å². The predicted molar refractivity (Wildman–Crippen MR) is 187 cm³/mol. The molecule has 2 heterocycles. The number of hydrogen-bond acceptors (Lipinski definition) is 1. The zero-order valence-corrected chi connectivity index (χ0v) is 25.1. The van der Waals surface area contributed by atoms with E-state index in [0.29, 0.717) is 0 Å². The van der Waals surface area contributed by atoms with E-state index in [1.54, 1.807) is 0 Å². The fourth-order valence-electron chi connectivity index (χ4n) is 8.16. The van der Waals surface area contributed by atoms with Crippen molar-refractivity contribution in [3.63, 3.8) is 0 Å². The first-order valence-corrected chi connectivity index (χ1v) is 15.7. The van der Waals surface area contributed by atoms with Crippen molar-refractivity contribution in [2.24, 2.45) is 0 Å². The second kappa shape index (κ2) is 8.74. The molecule has 45 heavy (non-hydrogen) atoms. The quantitative estimate of drug-likeness (QED) is 0.200. The van der Waals surface area contributed by atoms with Crippen LogP contribution in [-0.2, 0) is 5.41 Å². The third-order valence-corrected chi connectivity index (χ3v) is 10.2. The van der Waals surface area contributed by atoms with Crippen molar-refractivity contribution >= 4 is 32.6 Å². The molecule has 10 rings (SSSR count). The van der Waals surface area contributed by atoms with Crippen LogP contribution in [0.15, 0.2) is 140 Å². The molecular formula is C43H29NO. The van der Waals surface area contributed by atoms with Gasteiger partial charge in [-0.05, 0) is 75.3 Å². The summed E-state index contributed by atoms with van der Waals surface area (Å²) in [6.07, 6.45) is 0. The van der Waals surface area contributed by atoms with Gasteiger partial charge in [0.1, 0.15) is 11.5 Å². The highest BCUT2D eigenvalue weighted by molar-refractivity contribution is 6.13. The maximum Gasteiger partial charge on any atom is 0.136 e. The molecule has 0 bridgehead atoms. The second-order valence-electron chi connectivity index (χ2n) is 12.9. The van der Waals surface area contributed by atoms with Gasteiger partial charge in [0.25, 0.3) is 0 Å². The summed E-state index contributed by atoms with van der Waals surface area (Å²) < 4.78 is 9.07. The number of aromatic nitrogens is 1. The average Bonchev–Trinajstić information content (AvgIpc) is 3.54. The van der Waals surface area contributed by atoms with Gasteiger partial charge in [-0.15, -0.1) is 0 Å². The van der Waals surface area contributed by atoms with Crippen LogP contribution in [0.25, 0.3) is 71.6 Å². The molecular weight excluding hydrogens is 546 g/mol. The van der Waals surface area contributed by atoms with Crippen LogP contribution in [0, 0.1) is 0 Å². The lowest BCUT2D eigenvalue weighted by Crippen LogP contribution is -2.14. The molecule has 0 fully saturated rings. The Morgan fingerprint density at radius 1 is 0.489 bits per heavy atom. The summed E-state index contributed by atoms with van der Waals surface area (Å²) in [6.45, 7) is 4.68. The fraction of sp³-hybridized carbons (Fsp3) is 0.0698. The number of para-hydroxylation sites is 2. The number of rotatable bonds is 2. The number of nitrogens with zero attached hydrogens (tertiary/aromatic N) is 1. The van der Waals surface area contributed by atoms with E-state index in [4.69, 9.17) is 4.74 Å². The van der Waals surface area contributed by atoms with E-state index in [1.807, 2.05) is 0 Å². The normalized spacial score (nSPS) is 13.9. The Morgan fingerprint density at radius 2 is 1.11 bits per heavy atom. The lowest BCUT2D eigenvalue weighted by Gasteiger charge is -2.24. The summed E-state index contributed by atoms with van der Waals surface area (Å²) >= 11 is 0. The summed E-state index contributed by atoms with van der Waals surface area (Å²) in [6, 6.07) is 50.8. The molecule has 7 aromatic carbocycles. The highest BCUT2D eigenvalue weighted by Gasteiger charge is 2.36. The minimum absolute atomic E-state index is 0.0347. The van der Waals surface area contributed by atoms with Gasteiger partial charge in [-0.25, -0.2) is 0 Å². The molecule has 1 aromatic heterocycles. The zero-order valence-electron chi connectivity index (χ0n) is 25.1. The molecule has 0 saturated heterocycles. The largest absolute Gasteiger partial charge is 0.456 e. The molecule has 1 aliphatic carbocycles. The van der Waals surface area contributed by atoms with Gasteiger partial charge in [-0.1, -0.05) is 117 Å². The van der Waals surface area contributed by atoms with E-state index in [2.05, 4.69) is 158 Å². The Morgan fingerprint density at radius 3 is 1.93 bits per heavy atom. The Bertz CT molecular complexity index is 2490. The van der Waals surface area contributed by atoms with Crippen molar-refractivity contribution in [3.05, 3.63) is 151 Å². The predicted octanol–water partition coefficient (Wildman–Crippen LogP) is 11.7. The monoisotopic (exact) mass is 575 g/mol. The Hall–Kier alpha value is -5.60. The lowest BCUT2D eigenvalue weighted by molar-refractivity contribution is 0.487. The van der Waals surface area contributed by atoms with E-state index in [-0.39, 0.29) is 5.41 Å². The van der Waals surface area contributed by atoms with Crippen molar-refractivity contribution in [2.45, 2.75) is 19.3 Å². The van der Waals surface area contributed by atoms with Gasteiger partial charge in [0.05, 0.1) is 16.7 Å². The Kier molecular flexibility index (Phi) is 4.82. The highest BCUT2D eigenvalue weighted by Crippen LogP contribution is 2.54. The average molecular weight is 576 g/mol. The summed E-state index contributed by atoms with van der Waals surface area (Å²) in [5, 5.41) is 4.87. The van der Waals surface area contributed by atoms with Gasteiger partial charge in [-0.2, -0.15) is 0 Å². The summed E-state index contributed by atoms with van der Waals surface area (Å²) in [5.41, 5.74) is 13.8. The Balaban J connectivity index is 1.20. The minimum atomic E-state index is -0.0347. The lowest BCUT2D eigenvalue weighted by atomic mass is 9.82. The molecule has 2 heteroatoms. The van der Waals surface area contributed by atoms with E-state index < -0.39 is 0 Å². The molecule has 1 aliphatic heterocycles. The molecule has 0 spiro atoms. The van der Waals surface area contributed by atoms with Crippen molar-refractivity contribution in [2.75, 3.05) is 0 Å². The fourth-order valence-corrected chi connectivity index (χ4v) is 8.16. The molecule has 8 aromatic rings. The van der Waals surface area contributed by atoms with Crippen LogP contribution in [0.2, 0.25) is 0 Å². The van der Waals surface area contributed by atoms with Crippen molar-refractivity contribution in [1.82, 2.24) is 4.57 Å². The first-order chi connectivity index (χ1) is 22.1. The van der Waals surface area contributed by atoms with Crippen LogP contribution in [-0.4, -0.2) is 4.57 Å². The first-order valence-electron chi connectivity index (χ1n) is 15.7. The van der Waals surface area contributed by atoms with Gasteiger partial charge in [0.15, 0.2) is 0 Å². The van der Waals surface area contributed by atoms with E-state index in [0.717, 1.165) is 28.1 Å². The minimum Gasteiger partial charge on any atom is -0.456 e. The molecule has 0 saturated carbocycles.